The predicted molar refractivity (Wildman–Crippen MR) is 137 cm³/mol. The van der Waals surface area contributed by atoms with Crippen molar-refractivity contribution in [3.05, 3.63) is 65.7 Å². The Morgan fingerprint density at radius 1 is 1.19 bits per heavy atom. The number of rotatable bonds is 8. The van der Waals surface area contributed by atoms with Crippen molar-refractivity contribution in [1.29, 1.82) is 0 Å². The van der Waals surface area contributed by atoms with Gasteiger partial charge in [0.15, 0.2) is 0 Å². The maximum atomic E-state index is 14.7. The van der Waals surface area contributed by atoms with E-state index in [0.717, 1.165) is 43.2 Å². The highest BCUT2D eigenvalue weighted by Crippen LogP contribution is 2.57. The molecule has 2 aromatic carbocycles. The molecule has 1 spiro atoms. The summed E-state index contributed by atoms with van der Waals surface area (Å²) in [7, 11) is 1.68. The Balaban J connectivity index is 1.27. The third-order valence-electron chi connectivity index (χ3n) is 7.65. The van der Waals surface area contributed by atoms with Gasteiger partial charge >= 0.3 is 0 Å². The molecule has 2 saturated carbocycles. The zero-order valence-corrected chi connectivity index (χ0v) is 20.4. The van der Waals surface area contributed by atoms with Crippen molar-refractivity contribution in [3.63, 3.8) is 0 Å². The van der Waals surface area contributed by atoms with Crippen molar-refractivity contribution in [2.75, 3.05) is 43.5 Å². The molecule has 3 aliphatic rings. The molecule has 0 atom stereocenters. The summed E-state index contributed by atoms with van der Waals surface area (Å²) in [5.74, 6) is 0.831. The molecule has 0 saturated heterocycles. The van der Waals surface area contributed by atoms with Crippen molar-refractivity contribution in [3.8, 4) is 11.1 Å². The fourth-order valence-corrected chi connectivity index (χ4v) is 5.08. The maximum absolute atomic E-state index is 14.7. The van der Waals surface area contributed by atoms with Crippen LogP contribution >= 0.6 is 0 Å². The number of anilines is 3. The molecular weight excluding hydrogens is 457 g/mol. The van der Waals surface area contributed by atoms with E-state index in [9.17, 15) is 14.3 Å². The number of amides is 1. The summed E-state index contributed by atoms with van der Waals surface area (Å²) in [5.41, 5.74) is 4.82. The van der Waals surface area contributed by atoms with Gasteiger partial charge in [-0.1, -0.05) is 6.07 Å². The van der Waals surface area contributed by atoms with Crippen LogP contribution in [-0.2, 0) is 5.41 Å². The van der Waals surface area contributed by atoms with Crippen LogP contribution < -0.4 is 10.2 Å². The summed E-state index contributed by atoms with van der Waals surface area (Å²) in [4.78, 5) is 25.7. The van der Waals surface area contributed by atoms with Crippen LogP contribution in [0.3, 0.4) is 0 Å². The summed E-state index contributed by atoms with van der Waals surface area (Å²) in [6.07, 6.45) is 8.05. The Hall–Kier alpha value is -3.52. The fourth-order valence-electron chi connectivity index (χ4n) is 5.08. The molecule has 0 bridgehead atoms. The average molecular weight is 488 g/mol. The molecule has 0 unspecified atom stereocenters. The second-order valence-corrected chi connectivity index (χ2v) is 10.3. The van der Waals surface area contributed by atoms with Gasteiger partial charge in [0.25, 0.3) is 5.91 Å². The average Bonchev–Trinajstić information content (AvgIpc) is 3.82. The largest absolute Gasteiger partial charge is 0.395 e. The van der Waals surface area contributed by atoms with Gasteiger partial charge in [0.2, 0.25) is 5.95 Å². The number of aromatic nitrogens is 2. The van der Waals surface area contributed by atoms with E-state index in [4.69, 9.17) is 0 Å². The molecule has 8 heteroatoms. The standard InChI is InChI=1S/C28H30FN5O2/c1-33(10-11-35)26(36)19-4-6-23-25(12-19)34(17-28(23)8-9-28)27-31-15-20(16-32-27)22-13-21(5-7-24(22)29)30-14-18-2-3-18/h4-7,12-13,15-16,18,30,35H,2-3,8-11,14,17H2,1H3. The van der Waals surface area contributed by atoms with Gasteiger partial charge in [0, 0.05) is 72.6 Å². The lowest BCUT2D eigenvalue weighted by Gasteiger charge is -2.20. The lowest BCUT2D eigenvalue weighted by atomic mass is 9.97. The van der Waals surface area contributed by atoms with Crippen molar-refractivity contribution in [1.82, 2.24) is 14.9 Å². The number of aliphatic hydroxyl groups is 1. The molecule has 2 aliphatic carbocycles. The molecular formula is C28H30FN5O2. The normalized spacial score (nSPS) is 17.2. The highest BCUT2D eigenvalue weighted by atomic mass is 19.1. The van der Waals surface area contributed by atoms with Crippen LogP contribution in [0.25, 0.3) is 11.1 Å². The van der Waals surface area contributed by atoms with Crippen molar-refractivity contribution in [2.45, 2.75) is 31.1 Å². The lowest BCUT2D eigenvalue weighted by molar-refractivity contribution is 0.0767. The quantitative estimate of drug-likeness (QED) is 0.492. The van der Waals surface area contributed by atoms with Gasteiger partial charge in [-0.15, -0.1) is 0 Å². The number of halogens is 1. The molecule has 7 nitrogen and oxygen atoms in total. The molecule has 1 aromatic heterocycles. The second-order valence-electron chi connectivity index (χ2n) is 10.3. The summed E-state index contributed by atoms with van der Waals surface area (Å²) in [6.45, 7) is 1.88. The Morgan fingerprint density at radius 2 is 1.97 bits per heavy atom. The topological polar surface area (TPSA) is 81.6 Å². The minimum Gasteiger partial charge on any atom is -0.395 e. The number of hydrogen-bond donors (Lipinski definition) is 2. The molecule has 2 heterocycles. The van der Waals surface area contributed by atoms with Crippen LogP contribution in [0.4, 0.5) is 21.7 Å². The van der Waals surface area contributed by atoms with Gasteiger partial charge in [-0.25, -0.2) is 14.4 Å². The first-order valence-corrected chi connectivity index (χ1v) is 12.6. The van der Waals surface area contributed by atoms with E-state index in [0.29, 0.717) is 22.6 Å². The molecule has 1 amide bonds. The molecule has 1 aliphatic heterocycles. The van der Waals surface area contributed by atoms with E-state index in [1.165, 1.54) is 29.4 Å². The Kier molecular flexibility index (Phi) is 5.63. The van der Waals surface area contributed by atoms with E-state index in [2.05, 4.69) is 20.2 Å². The Labute approximate surface area is 210 Å². The van der Waals surface area contributed by atoms with Gasteiger partial charge in [0.1, 0.15) is 5.82 Å². The zero-order chi connectivity index (χ0) is 24.9. The molecule has 0 radical (unpaired) electrons. The van der Waals surface area contributed by atoms with Crippen LogP contribution in [-0.4, -0.2) is 59.2 Å². The van der Waals surface area contributed by atoms with E-state index in [1.807, 2.05) is 24.3 Å². The molecule has 186 valence electrons. The summed E-state index contributed by atoms with van der Waals surface area (Å²) in [5, 5.41) is 12.6. The van der Waals surface area contributed by atoms with Crippen molar-refractivity contribution >= 4 is 23.2 Å². The first kappa shape index (κ1) is 22.9. The third kappa shape index (κ3) is 4.19. The van der Waals surface area contributed by atoms with Crippen molar-refractivity contribution < 1.29 is 14.3 Å². The Morgan fingerprint density at radius 3 is 2.67 bits per heavy atom. The summed E-state index contributed by atoms with van der Waals surface area (Å²) >= 11 is 0. The first-order chi connectivity index (χ1) is 17.5. The molecule has 2 N–H and O–H groups in total. The van der Waals surface area contributed by atoms with Gasteiger partial charge in [-0.3, -0.25) is 4.79 Å². The minimum atomic E-state index is -0.304. The molecule has 36 heavy (non-hydrogen) atoms. The minimum absolute atomic E-state index is 0.0807. The van der Waals surface area contributed by atoms with Gasteiger partial charge in [0.05, 0.1) is 6.61 Å². The molecule has 3 aromatic rings. The second kappa shape index (κ2) is 8.85. The summed E-state index contributed by atoms with van der Waals surface area (Å²) in [6, 6.07) is 10.9. The van der Waals surface area contributed by atoms with Crippen molar-refractivity contribution in [2.24, 2.45) is 5.92 Å². The van der Waals surface area contributed by atoms with Crippen LogP contribution in [0.2, 0.25) is 0 Å². The van der Waals surface area contributed by atoms with Crippen LogP contribution in [0.1, 0.15) is 41.6 Å². The first-order valence-electron chi connectivity index (χ1n) is 12.6. The number of nitrogens with zero attached hydrogens (tertiary/aromatic N) is 4. The van der Waals surface area contributed by atoms with Gasteiger partial charge in [-0.2, -0.15) is 0 Å². The number of likely N-dealkylation sites (N-methyl/N-ethyl adjacent to an activating group) is 1. The fraction of sp³-hybridized carbons (Fsp3) is 0.393. The number of benzene rings is 2. The van der Waals surface area contributed by atoms with Crippen LogP contribution in [0.15, 0.2) is 48.8 Å². The highest BCUT2D eigenvalue weighted by molar-refractivity contribution is 5.96. The number of carbonyl (C=O) groups excluding carboxylic acids is 1. The van der Waals surface area contributed by atoms with E-state index in [-0.39, 0.29) is 30.3 Å². The third-order valence-corrected chi connectivity index (χ3v) is 7.65. The number of nitrogens with one attached hydrogen (secondary N) is 1. The zero-order valence-electron chi connectivity index (χ0n) is 20.4. The lowest BCUT2D eigenvalue weighted by Crippen LogP contribution is -2.29. The monoisotopic (exact) mass is 487 g/mol. The highest BCUT2D eigenvalue weighted by Gasteiger charge is 2.52. The van der Waals surface area contributed by atoms with Crippen LogP contribution in [0, 0.1) is 11.7 Å². The number of hydrogen-bond acceptors (Lipinski definition) is 6. The van der Waals surface area contributed by atoms with Crippen LogP contribution in [0.5, 0.6) is 0 Å². The predicted octanol–water partition coefficient (Wildman–Crippen LogP) is 4.35. The smallest absolute Gasteiger partial charge is 0.253 e. The number of fused-ring (bicyclic) bond motifs is 2. The maximum Gasteiger partial charge on any atom is 0.253 e. The molecule has 6 rings (SSSR count). The number of aliphatic hydroxyl groups excluding tert-OH is 1. The SMILES string of the molecule is CN(CCO)C(=O)c1ccc2c(c1)N(c1ncc(-c3cc(NCC4CC4)ccc3F)cn1)CC21CC1. The van der Waals surface area contributed by atoms with E-state index < -0.39 is 0 Å². The number of carbonyl (C=O) groups is 1. The van der Waals surface area contributed by atoms with Gasteiger partial charge in [-0.05, 0) is 67.5 Å². The molecule has 2 fully saturated rings. The summed E-state index contributed by atoms with van der Waals surface area (Å²) < 4.78 is 14.7. The van der Waals surface area contributed by atoms with E-state index >= 15 is 0 Å². The Bertz CT molecular complexity index is 1300. The van der Waals surface area contributed by atoms with E-state index in [1.54, 1.807) is 25.5 Å². The van der Waals surface area contributed by atoms with Gasteiger partial charge < -0.3 is 20.2 Å².